The Morgan fingerprint density at radius 2 is 1.74 bits per heavy atom. The number of fused-ring (bicyclic) bond motifs is 1. The molecule has 2 N–H and O–H groups in total. The number of urea groups is 1. The number of nitrogens with one attached hydrogen (secondary N) is 2. The molecular formula is C25H22N4O4S. The highest BCUT2D eigenvalue weighted by Gasteiger charge is 2.41. The molecule has 5 rings (SSSR count). The predicted octanol–water partition coefficient (Wildman–Crippen LogP) is 4.69. The lowest BCUT2D eigenvalue weighted by Gasteiger charge is -2.20. The number of amides is 3. The molecule has 0 aliphatic carbocycles. The van der Waals surface area contributed by atoms with E-state index in [1.807, 2.05) is 54.6 Å². The van der Waals surface area contributed by atoms with Crippen LogP contribution in [0.1, 0.15) is 18.9 Å². The van der Waals surface area contributed by atoms with Crippen LogP contribution in [0.25, 0.3) is 20.7 Å². The van der Waals surface area contributed by atoms with E-state index in [1.165, 1.54) is 6.33 Å². The highest BCUT2D eigenvalue weighted by molar-refractivity contribution is 7.22. The zero-order valence-electron chi connectivity index (χ0n) is 18.6. The fourth-order valence-electron chi connectivity index (χ4n) is 3.79. The Balaban J connectivity index is 1.30. The highest BCUT2D eigenvalue weighted by Crippen LogP contribution is 2.38. The number of aryl methyl sites for hydroxylation is 1. The number of hydrogen-bond acceptors (Lipinski definition) is 7. The third-order valence-electron chi connectivity index (χ3n) is 5.82. The van der Waals surface area contributed by atoms with E-state index >= 15 is 0 Å². The van der Waals surface area contributed by atoms with Crippen LogP contribution >= 0.6 is 11.3 Å². The van der Waals surface area contributed by atoms with E-state index < -0.39 is 11.6 Å². The first-order valence-electron chi connectivity index (χ1n) is 10.7. The van der Waals surface area contributed by atoms with Gasteiger partial charge in [0.05, 0.1) is 12.6 Å². The van der Waals surface area contributed by atoms with Gasteiger partial charge in [-0.25, -0.2) is 14.8 Å². The van der Waals surface area contributed by atoms with Crippen molar-refractivity contribution in [3.05, 3.63) is 66.5 Å². The molecule has 1 aliphatic heterocycles. The first-order chi connectivity index (χ1) is 16.4. The van der Waals surface area contributed by atoms with E-state index in [-0.39, 0.29) is 5.91 Å². The summed E-state index contributed by atoms with van der Waals surface area (Å²) >= 11 is 1.57. The molecule has 1 saturated heterocycles. The Hall–Kier alpha value is -3.98. The Labute approximate surface area is 200 Å². The number of aromatic nitrogens is 2. The highest BCUT2D eigenvalue weighted by atomic mass is 32.1. The number of thiophene rings is 1. The van der Waals surface area contributed by atoms with Crippen molar-refractivity contribution in [2.24, 2.45) is 0 Å². The third kappa shape index (κ3) is 4.29. The molecule has 3 heterocycles. The van der Waals surface area contributed by atoms with Crippen molar-refractivity contribution in [1.29, 1.82) is 0 Å². The van der Waals surface area contributed by atoms with Gasteiger partial charge >= 0.3 is 6.03 Å². The van der Waals surface area contributed by atoms with Crippen molar-refractivity contribution < 1.29 is 19.1 Å². The Morgan fingerprint density at radius 1 is 1.00 bits per heavy atom. The molecule has 2 aromatic heterocycles. The Kier molecular flexibility index (Phi) is 5.62. The van der Waals surface area contributed by atoms with Gasteiger partial charge in [0.2, 0.25) is 5.88 Å². The van der Waals surface area contributed by atoms with Gasteiger partial charge < -0.3 is 14.8 Å². The number of methoxy groups -OCH3 is 1. The zero-order chi connectivity index (χ0) is 23.7. The molecule has 2 aromatic carbocycles. The Morgan fingerprint density at radius 3 is 2.41 bits per heavy atom. The first kappa shape index (κ1) is 21.8. The maximum atomic E-state index is 12.0. The standard InChI is InChI=1S/C25H22N4O4S/c1-25(23(30)28-24(31)29-25)12-11-15-3-7-18(8-4-15)33-22-21-19(26-14-27-22)13-20(34-21)16-5-9-17(32-2)10-6-16/h3-10,13-14H,11-12H2,1-2H3,(H2,28,29,30,31)/t25-/m0/s1. The van der Waals surface area contributed by atoms with Crippen LogP contribution in [0.4, 0.5) is 4.79 Å². The minimum absolute atomic E-state index is 0.296. The molecule has 3 amide bonds. The zero-order valence-corrected chi connectivity index (χ0v) is 19.4. The number of benzene rings is 2. The predicted molar refractivity (Wildman–Crippen MR) is 129 cm³/mol. The summed E-state index contributed by atoms with van der Waals surface area (Å²) < 4.78 is 12.2. The average Bonchev–Trinajstić information content (AvgIpc) is 3.39. The number of imide groups is 1. The van der Waals surface area contributed by atoms with Gasteiger partial charge in [-0.2, -0.15) is 0 Å². The van der Waals surface area contributed by atoms with Crippen LogP contribution in [0.5, 0.6) is 17.4 Å². The number of nitrogens with zero attached hydrogens (tertiary/aromatic N) is 2. The van der Waals surface area contributed by atoms with Crippen molar-refractivity contribution in [1.82, 2.24) is 20.6 Å². The molecule has 8 nitrogen and oxygen atoms in total. The van der Waals surface area contributed by atoms with E-state index in [0.717, 1.165) is 32.0 Å². The second-order valence-corrected chi connectivity index (χ2v) is 9.27. The first-order valence-corrected chi connectivity index (χ1v) is 11.5. The molecular weight excluding hydrogens is 452 g/mol. The minimum atomic E-state index is -0.889. The summed E-state index contributed by atoms with van der Waals surface area (Å²) in [5, 5.41) is 4.97. The van der Waals surface area contributed by atoms with E-state index in [9.17, 15) is 9.59 Å². The fourth-order valence-corrected chi connectivity index (χ4v) is 4.83. The molecule has 4 aromatic rings. The van der Waals surface area contributed by atoms with Crippen LogP contribution in [-0.4, -0.2) is 34.6 Å². The van der Waals surface area contributed by atoms with Crippen LogP contribution in [0.2, 0.25) is 0 Å². The summed E-state index contributed by atoms with van der Waals surface area (Å²) in [6.45, 7) is 1.73. The fraction of sp³-hybridized carbons (Fsp3) is 0.200. The summed E-state index contributed by atoms with van der Waals surface area (Å²) in [5.74, 6) is 1.67. The topological polar surface area (TPSA) is 102 Å². The summed E-state index contributed by atoms with van der Waals surface area (Å²) in [6, 6.07) is 17.1. The van der Waals surface area contributed by atoms with Crippen molar-refractivity contribution in [3.8, 4) is 27.8 Å². The monoisotopic (exact) mass is 474 g/mol. The van der Waals surface area contributed by atoms with Crippen molar-refractivity contribution in [2.45, 2.75) is 25.3 Å². The second kappa shape index (κ2) is 8.75. The molecule has 1 aliphatic rings. The molecule has 172 valence electrons. The van der Waals surface area contributed by atoms with Crippen LogP contribution in [-0.2, 0) is 11.2 Å². The molecule has 0 spiro atoms. The van der Waals surface area contributed by atoms with Crippen molar-refractivity contribution >= 4 is 33.5 Å². The summed E-state index contributed by atoms with van der Waals surface area (Å²) in [4.78, 5) is 33.2. The third-order valence-corrected chi connectivity index (χ3v) is 6.98. The van der Waals surface area contributed by atoms with Crippen LogP contribution < -0.4 is 20.1 Å². The van der Waals surface area contributed by atoms with Gasteiger partial charge in [0, 0.05) is 4.88 Å². The number of carbonyl (C=O) groups excluding carboxylic acids is 2. The lowest BCUT2D eigenvalue weighted by atomic mass is 9.93. The average molecular weight is 475 g/mol. The normalized spacial score (nSPS) is 17.5. The quantitative estimate of drug-likeness (QED) is 0.377. The van der Waals surface area contributed by atoms with Gasteiger partial charge in [-0.05, 0) is 73.4 Å². The minimum Gasteiger partial charge on any atom is -0.497 e. The molecule has 1 fully saturated rings. The van der Waals surface area contributed by atoms with E-state index in [2.05, 4.69) is 20.6 Å². The van der Waals surface area contributed by atoms with Gasteiger partial charge in [-0.15, -0.1) is 11.3 Å². The van der Waals surface area contributed by atoms with Crippen LogP contribution in [0, 0.1) is 0 Å². The number of rotatable bonds is 7. The molecule has 1 atom stereocenters. The van der Waals surface area contributed by atoms with Gasteiger partial charge in [0.25, 0.3) is 5.91 Å². The van der Waals surface area contributed by atoms with Gasteiger partial charge in [0.15, 0.2) is 0 Å². The number of carbonyl (C=O) groups is 2. The van der Waals surface area contributed by atoms with Gasteiger partial charge in [-0.3, -0.25) is 10.1 Å². The lowest BCUT2D eigenvalue weighted by Crippen LogP contribution is -2.43. The summed E-state index contributed by atoms with van der Waals surface area (Å²) in [6.07, 6.45) is 2.64. The smallest absolute Gasteiger partial charge is 0.322 e. The maximum absolute atomic E-state index is 12.0. The van der Waals surface area contributed by atoms with Gasteiger partial charge in [-0.1, -0.05) is 12.1 Å². The molecule has 0 saturated carbocycles. The lowest BCUT2D eigenvalue weighted by molar-refractivity contribution is -0.123. The summed E-state index contributed by atoms with van der Waals surface area (Å²) in [7, 11) is 1.65. The largest absolute Gasteiger partial charge is 0.497 e. The Bertz CT molecular complexity index is 1370. The van der Waals surface area contributed by atoms with E-state index in [4.69, 9.17) is 9.47 Å². The number of ether oxygens (including phenoxy) is 2. The molecule has 34 heavy (non-hydrogen) atoms. The molecule has 0 radical (unpaired) electrons. The second-order valence-electron chi connectivity index (χ2n) is 8.22. The van der Waals surface area contributed by atoms with Crippen LogP contribution in [0.15, 0.2) is 60.9 Å². The van der Waals surface area contributed by atoms with Gasteiger partial charge in [0.1, 0.15) is 28.1 Å². The van der Waals surface area contributed by atoms with Crippen molar-refractivity contribution in [2.75, 3.05) is 7.11 Å². The molecule has 9 heteroatoms. The maximum Gasteiger partial charge on any atom is 0.322 e. The molecule has 0 unspecified atom stereocenters. The van der Waals surface area contributed by atoms with E-state index in [1.54, 1.807) is 25.4 Å². The van der Waals surface area contributed by atoms with Crippen molar-refractivity contribution in [3.63, 3.8) is 0 Å². The summed E-state index contributed by atoms with van der Waals surface area (Å²) in [5.41, 5.74) is 2.04. The SMILES string of the molecule is COc1ccc(-c2cc3ncnc(Oc4ccc(CC[C@]5(C)NC(=O)NC5=O)cc4)c3s2)cc1. The van der Waals surface area contributed by atoms with E-state index in [0.29, 0.717) is 24.5 Å². The molecule has 0 bridgehead atoms. The van der Waals surface area contributed by atoms with Crippen LogP contribution in [0.3, 0.4) is 0 Å². The number of hydrogen-bond donors (Lipinski definition) is 2.